The maximum Gasteiger partial charge on any atom is 0.119 e. The summed E-state index contributed by atoms with van der Waals surface area (Å²) in [5, 5.41) is 12.5. The van der Waals surface area contributed by atoms with Crippen molar-refractivity contribution in [3.8, 4) is 5.75 Å². The zero-order valence-electron chi connectivity index (χ0n) is 13.9. The molecule has 0 spiro atoms. The number of aliphatic hydroxyl groups is 1. The van der Waals surface area contributed by atoms with Crippen molar-refractivity contribution in [1.82, 2.24) is 5.32 Å². The molecule has 23 heavy (non-hydrogen) atoms. The van der Waals surface area contributed by atoms with Gasteiger partial charge in [-0.25, -0.2) is 0 Å². The zero-order chi connectivity index (χ0) is 16.3. The number of ether oxygens (including phenoxy) is 1. The van der Waals surface area contributed by atoms with Gasteiger partial charge in [-0.05, 0) is 49.1 Å². The number of nitrogens with one attached hydrogen (secondary N) is 1. The highest BCUT2D eigenvalue weighted by atomic mass is 16.5. The van der Waals surface area contributed by atoms with Crippen LogP contribution in [0.1, 0.15) is 30.9 Å². The van der Waals surface area contributed by atoms with Gasteiger partial charge in [0.25, 0.3) is 0 Å². The Morgan fingerprint density at radius 1 is 1.00 bits per heavy atom. The van der Waals surface area contributed by atoms with Crippen LogP contribution in [0.3, 0.4) is 0 Å². The van der Waals surface area contributed by atoms with Crippen molar-refractivity contribution < 1.29 is 9.84 Å². The lowest BCUT2D eigenvalue weighted by Crippen LogP contribution is -2.32. The molecule has 0 saturated heterocycles. The molecule has 124 valence electrons. The van der Waals surface area contributed by atoms with Crippen molar-refractivity contribution >= 4 is 0 Å². The molecule has 0 radical (unpaired) electrons. The summed E-state index contributed by atoms with van der Waals surface area (Å²) >= 11 is 0. The Kier molecular flexibility index (Phi) is 7.64. The first-order chi connectivity index (χ1) is 11.3. The third-order valence-corrected chi connectivity index (χ3v) is 3.96. The van der Waals surface area contributed by atoms with E-state index >= 15 is 0 Å². The molecule has 0 fully saturated rings. The Hall–Kier alpha value is -1.84. The molecule has 2 aromatic rings. The van der Waals surface area contributed by atoms with Crippen LogP contribution in [0.15, 0.2) is 54.6 Å². The number of aryl methyl sites for hydroxylation is 1. The summed E-state index contributed by atoms with van der Waals surface area (Å²) in [5.41, 5.74) is 2.52. The van der Waals surface area contributed by atoms with E-state index in [-0.39, 0.29) is 12.6 Å². The highest BCUT2D eigenvalue weighted by Gasteiger charge is 2.02. The minimum atomic E-state index is 0.215. The van der Waals surface area contributed by atoms with E-state index in [4.69, 9.17) is 9.84 Å². The van der Waals surface area contributed by atoms with Crippen molar-refractivity contribution in [3.05, 3.63) is 65.7 Å². The first-order valence-corrected chi connectivity index (χ1v) is 8.41. The van der Waals surface area contributed by atoms with Crippen molar-refractivity contribution in [3.63, 3.8) is 0 Å². The lowest BCUT2D eigenvalue weighted by Gasteiger charge is -2.13. The molecule has 2 N–H and O–H groups in total. The minimum Gasteiger partial charge on any atom is -0.489 e. The molecule has 0 aliphatic carbocycles. The van der Waals surface area contributed by atoms with Crippen LogP contribution in [-0.4, -0.2) is 24.3 Å². The largest absolute Gasteiger partial charge is 0.489 e. The minimum absolute atomic E-state index is 0.215. The lowest BCUT2D eigenvalue weighted by atomic mass is 10.1. The fourth-order valence-electron chi connectivity index (χ4n) is 2.42. The molecule has 3 nitrogen and oxygen atoms in total. The fraction of sp³-hybridized carbons (Fsp3) is 0.400. The van der Waals surface area contributed by atoms with Crippen LogP contribution in [0.25, 0.3) is 0 Å². The summed E-state index contributed by atoms with van der Waals surface area (Å²) < 4.78 is 5.75. The molecule has 0 aromatic heterocycles. The van der Waals surface area contributed by atoms with Crippen molar-refractivity contribution in [2.75, 3.05) is 13.2 Å². The molecule has 0 bridgehead atoms. The lowest BCUT2D eigenvalue weighted by molar-refractivity contribution is 0.239. The average molecular weight is 313 g/mol. The Morgan fingerprint density at radius 3 is 2.35 bits per heavy atom. The molecule has 2 aromatic carbocycles. The quantitative estimate of drug-likeness (QED) is 0.659. The smallest absolute Gasteiger partial charge is 0.119 e. The number of para-hydroxylation sites is 1. The fourth-order valence-corrected chi connectivity index (χ4v) is 2.42. The number of hydrogen-bond acceptors (Lipinski definition) is 3. The summed E-state index contributed by atoms with van der Waals surface area (Å²) in [6.07, 6.45) is 3.09. The predicted molar refractivity (Wildman–Crippen MR) is 94.7 cm³/mol. The third-order valence-electron chi connectivity index (χ3n) is 3.96. The van der Waals surface area contributed by atoms with Gasteiger partial charge in [0, 0.05) is 6.04 Å². The van der Waals surface area contributed by atoms with Crippen LogP contribution in [0.4, 0.5) is 0 Å². The Morgan fingerprint density at radius 2 is 1.70 bits per heavy atom. The monoisotopic (exact) mass is 313 g/mol. The standard InChI is InChI=1S/C20H27NO2/c1-2-19(15-22)21-14-6-7-17-10-12-18(13-11-17)16-23-20-8-4-3-5-9-20/h3-5,8-13,19,21-22H,2,6-7,14-16H2,1H3. The van der Waals surface area contributed by atoms with Crippen LogP contribution in [0.2, 0.25) is 0 Å². The maximum absolute atomic E-state index is 9.13. The molecule has 0 aliphatic rings. The van der Waals surface area contributed by atoms with Gasteiger partial charge in [0.05, 0.1) is 6.61 Å². The Balaban J connectivity index is 1.70. The van der Waals surface area contributed by atoms with Gasteiger partial charge in [0.15, 0.2) is 0 Å². The van der Waals surface area contributed by atoms with E-state index in [0.29, 0.717) is 6.61 Å². The van der Waals surface area contributed by atoms with E-state index in [2.05, 4.69) is 36.5 Å². The first-order valence-electron chi connectivity index (χ1n) is 8.41. The number of hydrogen-bond donors (Lipinski definition) is 2. The summed E-state index contributed by atoms with van der Waals surface area (Å²) in [6.45, 7) is 3.84. The highest BCUT2D eigenvalue weighted by Crippen LogP contribution is 2.12. The van der Waals surface area contributed by atoms with Crippen LogP contribution >= 0.6 is 0 Å². The predicted octanol–water partition coefficient (Wildman–Crippen LogP) is 3.56. The van der Waals surface area contributed by atoms with Crippen LogP contribution in [0, 0.1) is 0 Å². The summed E-state index contributed by atoms with van der Waals surface area (Å²) in [6, 6.07) is 18.7. The van der Waals surface area contributed by atoms with Crippen molar-refractivity contribution in [2.24, 2.45) is 0 Å². The second kappa shape index (κ2) is 10.0. The van der Waals surface area contributed by atoms with E-state index in [1.807, 2.05) is 30.3 Å². The van der Waals surface area contributed by atoms with E-state index < -0.39 is 0 Å². The summed E-state index contributed by atoms with van der Waals surface area (Å²) in [4.78, 5) is 0. The van der Waals surface area contributed by atoms with E-state index in [1.54, 1.807) is 0 Å². The van der Waals surface area contributed by atoms with E-state index in [9.17, 15) is 0 Å². The molecule has 0 saturated carbocycles. The van der Waals surface area contributed by atoms with Crippen molar-refractivity contribution in [1.29, 1.82) is 0 Å². The zero-order valence-corrected chi connectivity index (χ0v) is 13.9. The molecule has 0 heterocycles. The summed E-state index contributed by atoms with van der Waals surface area (Å²) in [7, 11) is 0. The second-order valence-corrected chi connectivity index (χ2v) is 5.76. The maximum atomic E-state index is 9.13. The topological polar surface area (TPSA) is 41.5 Å². The molecule has 2 rings (SSSR count). The number of benzene rings is 2. The van der Waals surface area contributed by atoms with Crippen LogP contribution < -0.4 is 10.1 Å². The first kappa shape index (κ1) is 17.5. The van der Waals surface area contributed by atoms with Crippen molar-refractivity contribution in [2.45, 2.75) is 38.8 Å². The van der Waals surface area contributed by atoms with Gasteiger partial charge in [0.2, 0.25) is 0 Å². The van der Waals surface area contributed by atoms with Gasteiger partial charge in [-0.1, -0.05) is 49.4 Å². The van der Waals surface area contributed by atoms with E-state index in [1.165, 1.54) is 11.1 Å². The number of aliphatic hydroxyl groups excluding tert-OH is 1. The highest BCUT2D eigenvalue weighted by molar-refractivity contribution is 5.24. The van der Waals surface area contributed by atoms with Gasteiger partial charge < -0.3 is 15.2 Å². The van der Waals surface area contributed by atoms with E-state index in [0.717, 1.165) is 31.6 Å². The molecule has 3 heteroatoms. The van der Waals surface area contributed by atoms with Gasteiger partial charge in [0.1, 0.15) is 12.4 Å². The summed E-state index contributed by atoms with van der Waals surface area (Å²) in [5.74, 6) is 0.900. The molecule has 0 amide bonds. The average Bonchev–Trinajstić information content (AvgIpc) is 2.62. The molecular weight excluding hydrogens is 286 g/mol. The van der Waals surface area contributed by atoms with Gasteiger partial charge in [-0.15, -0.1) is 0 Å². The van der Waals surface area contributed by atoms with Gasteiger partial charge in [-0.2, -0.15) is 0 Å². The SMILES string of the molecule is CCC(CO)NCCCc1ccc(COc2ccccc2)cc1. The molecule has 0 aliphatic heterocycles. The van der Waals surface area contributed by atoms with Gasteiger partial charge in [-0.3, -0.25) is 0 Å². The van der Waals surface area contributed by atoms with Crippen LogP contribution in [-0.2, 0) is 13.0 Å². The van der Waals surface area contributed by atoms with Crippen LogP contribution in [0.5, 0.6) is 5.75 Å². The molecule has 1 atom stereocenters. The Labute approximate surface area is 139 Å². The second-order valence-electron chi connectivity index (χ2n) is 5.76. The number of rotatable bonds is 10. The Bertz CT molecular complexity index is 535. The molecular formula is C20H27NO2. The molecule has 1 unspecified atom stereocenters. The normalized spacial score (nSPS) is 12.1. The third kappa shape index (κ3) is 6.43. The van der Waals surface area contributed by atoms with Gasteiger partial charge >= 0.3 is 0 Å².